The fourth-order valence-electron chi connectivity index (χ4n) is 3.43. The first kappa shape index (κ1) is 18.6. The Morgan fingerprint density at radius 3 is 2.71 bits per heavy atom. The summed E-state index contributed by atoms with van der Waals surface area (Å²) in [6.45, 7) is 3.32. The molecule has 0 aliphatic carbocycles. The maximum Gasteiger partial charge on any atom is 0.219 e. The van der Waals surface area contributed by atoms with E-state index in [-0.39, 0.29) is 11.7 Å². The summed E-state index contributed by atoms with van der Waals surface area (Å²) in [6.07, 6.45) is 5.64. The van der Waals surface area contributed by atoms with E-state index in [2.05, 4.69) is 21.4 Å². The van der Waals surface area contributed by atoms with Crippen molar-refractivity contribution < 1.29 is 9.18 Å². The predicted octanol–water partition coefficient (Wildman–Crippen LogP) is 4.50. The summed E-state index contributed by atoms with van der Waals surface area (Å²) in [4.78, 5) is 23.2. The summed E-state index contributed by atoms with van der Waals surface area (Å²) >= 11 is 1.50. The third kappa shape index (κ3) is 4.36. The molecule has 1 N–H and O–H groups in total. The first-order chi connectivity index (χ1) is 13.6. The van der Waals surface area contributed by atoms with Gasteiger partial charge in [-0.15, -0.1) is 0 Å². The zero-order valence-corrected chi connectivity index (χ0v) is 16.4. The van der Waals surface area contributed by atoms with Crippen molar-refractivity contribution in [1.82, 2.24) is 14.9 Å². The molecule has 0 saturated carbocycles. The van der Waals surface area contributed by atoms with Crippen LogP contribution in [0.25, 0.3) is 10.4 Å². The van der Waals surface area contributed by atoms with Gasteiger partial charge in [0.1, 0.15) is 11.6 Å². The van der Waals surface area contributed by atoms with Crippen molar-refractivity contribution in [3.8, 4) is 10.4 Å². The summed E-state index contributed by atoms with van der Waals surface area (Å²) in [7, 11) is 0. The van der Waals surface area contributed by atoms with E-state index in [1.165, 1.54) is 29.0 Å². The molecular weight excluding hydrogens is 375 g/mol. The maximum atomic E-state index is 13.1. The third-order valence-corrected chi connectivity index (χ3v) is 5.91. The van der Waals surface area contributed by atoms with Gasteiger partial charge in [0.25, 0.3) is 0 Å². The summed E-state index contributed by atoms with van der Waals surface area (Å²) in [5.74, 6) is 1.15. The smallest absolute Gasteiger partial charge is 0.219 e. The molecule has 5 nitrogen and oxygen atoms in total. The van der Waals surface area contributed by atoms with E-state index >= 15 is 0 Å². The van der Waals surface area contributed by atoms with Crippen LogP contribution < -0.4 is 5.32 Å². The zero-order valence-electron chi connectivity index (χ0n) is 15.6. The predicted molar refractivity (Wildman–Crippen MR) is 109 cm³/mol. The van der Waals surface area contributed by atoms with Crippen molar-refractivity contribution in [2.24, 2.45) is 5.92 Å². The van der Waals surface area contributed by atoms with Crippen LogP contribution in [0.5, 0.6) is 0 Å². The summed E-state index contributed by atoms with van der Waals surface area (Å²) in [5.41, 5.74) is 2.11. The lowest BCUT2D eigenvalue weighted by molar-refractivity contribution is -0.127. The molecule has 7 heteroatoms. The van der Waals surface area contributed by atoms with E-state index in [4.69, 9.17) is 0 Å². The molecule has 0 radical (unpaired) electrons. The van der Waals surface area contributed by atoms with Crippen LogP contribution in [0.1, 0.15) is 18.9 Å². The van der Waals surface area contributed by atoms with Gasteiger partial charge in [0.05, 0.1) is 4.88 Å². The number of halogens is 1. The Hall–Kier alpha value is -2.80. The van der Waals surface area contributed by atoms with Gasteiger partial charge in [-0.05, 0) is 48.1 Å². The Labute approximate surface area is 167 Å². The van der Waals surface area contributed by atoms with E-state index in [1.54, 1.807) is 25.3 Å². The molecule has 3 heterocycles. The van der Waals surface area contributed by atoms with Crippen molar-refractivity contribution >= 4 is 28.2 Å². The zero-order chi connectivity index (χ0) is 19.5. The molecule has 0 bridgehead atoms. The monoisotopic (exact) mass is 396 g/mol. The minimum Gasteiger partial charge on any atom is -0.343 e. The highest BCUT2D eigenvalue weighted by molar-refractivity contribution is 7.18. The average molecular weight is 396 g/mol. The van der Waals surface area contributed by atoms with E-state index in [0.29, 0.717) is 5.92 Å². The molecule has 1 aromatic carbocycles. The number of amides is 1. The molecule has 1 unspecified atom stereocenters. The van der Waals surface area contributed by atoms with Gasteiger partial charge >= 0.3 is 0 Å². The Morgan fingerprint density at radius 2 is 2.04 bits per heavy atom. The number of hydrogen-bond acceptors (Lipinski definition) is 5. The van der Waals surface area contributed by atoms with Crippen molar-refractivity contribution in [3.63, 3.8) is 0 Å². The summed E-state index contributed by atoms with van der Waals surface area (Å²) in [5, 5.41) is 3.96. The molecule has 28 heavy (non-hydrogen) atoms. The van der Waals surface area contributed by atoms with Crippen LogP contribution in [0, 0.1) is 11.7 Å². The minimum absolute atomic E-state index is 0.156. The van der Waals surface area contributed by atoms with Gasteiger partial charge in [-0.25, -0.2) is 14.4 Å². The van der Waals surface area contributed by atoms with Gasteiger partial charge < -0.3 is 10.2 Å². The maximum absolute atomic E-state index is 13.1. The van der Waals surface area contributed by atoms with Crippen LogP contribution in [0.3, 0.4) is 0 Å². The first-order valence-corrected chi connectivity index (χ1v) is 10.1. The van der Waals surface area contributed by atoms with Crippen LogP contribution in [-0.2, 0) is 11.2 Å². The normalized spacial score (nSPS) is 16.4. The number of nitrogens with zero attached hydrogens (tertiary/aromatic N) is 3. The Bertz CT molecular complexity index is 955. The Balaban J connectivity index is 1.36. The molecule has 144 valence electrons. The second kappa shape index (κ2) is 8.06. The van der Waals surface area contributed by atoms with Crippen LogP contribution in [0.2, 0.25) is 0 Å². The number of likely N-dealkylation sites (tertiary alicyclic amines) is 1. The van der Waals surface area contributed by atoms with Gasteiger partial charge in [-0.3, -0.25) is 4.79 Å². The first-order valence-electron chi connectivity index (χ1n) is 9.26. The summed E-state index contributed by atoms with van der Waals surface area (Å²) < 4.78 is 13.1. The van der Waals surface area contributed by atoms with E-state index in [0.717, 1.165) is 47.3 Å². The van der Waals surface area contributed by atoms with Gasteiger partial charge in [0.2, 0.25) is 5.91 Å². The second-order valence-electron chi connectivity index (χ2n) is 7.04. The largest absolute Gasteiger partial charge is 0.343 e. The van der Waals surface area contributed by atoms with Crippen LogP contribution in [0.15, 0.2) is 48.8 Å². The lowest BCUT2D eigenvalue weighted by Crippen LogP contribution is -2.26. The average Bonchev–Trinajstić information content (AvgIpc) is 3.34. The van der Waals surface area contributed by atoms with Gasteiger partial charge in [-0.1, -0.05) is 29.5 Å². The van der Waals surface area contributed by atoms with Gasteiger partial charge in [0, 0.05) is 32.4 Å². The highest BCUT2D eigenvalue weighted by atomic mass is 32.1. The van der Waals surface area contributed by atoms with Crippen LogP contribution in [-0.4, -0.2) is 33.9 Å². The fourth-order valence-corrected chi connectivity index (χ4v) is 4.26. The van der Waals surface area contributed by atoms with Crippen molar-refractivity contribution in [2.75, 3.05) is 18.4 Å². The lowest BCUT2D eigenvalue weighted by Gasteiger charge is -2.14. The molecule has 0 spiro atoms. The Morgan fingerprint density at radius 1 is 1.21 bits per heavy atom. The second-order valence-corrected chi connectivity index (χ2v) is 8.07. The third-order valence-electron chi connectivity index (χ3n) is 4.95. The topological polar surface area (TPSA) is 58.1 Å². The number of rotatable bonds is 5. The molecule has 1 atom stereocenters. The molecule has 1 amide bonds. The number of hydrogen-bond donors (Lipinski definition) is 1. The van der Waals surface area contributed by atoms with E-state index < -0.39 is 0 Å². The molecule has 1 fully saturated rings. The number of thiazole rings is 1. The van der Waals surface area contributed by atoms with E-state index in [1.807, 2.05) is 17.2 Å². The highest BCUT2D eigenvalue weighted by Crippen LogP contribution is 2.30. The van der Waals surface area contributed by atoms with Crippen LogP contribution >= 0.6 is 11.3 Å². The molecule has 1 aliphatic heterocycles. The highest BCUT2D eigenvalue weighted by Gasteiger charge is 2.24. The van der Waals surface area contributed by atoms with Gasteiger partial charge in [-0.2, -0.15) is 0 Å². The molecule has 4 rings (SSSR count). The Kier molecular flexibility index (Phi) is 5.34. The van der Waals surface area contributed by atoms with Crippen molar-refractivity contribution in [1.29, 1.82) is 0 Å². The number of aromatic nitrogens is 2. The molecule has 3 aromatic rings. The number of nitrogens with one attached hydrogen (secondary N) is 1. The molecule has 1 saturated heterocycles. The number of carbonyl (C=O) groups excluding carboxylic acids is 1. The number of carbonyl (C=O) groups is 1. The number of benzene rings is 1. The van der Waals surface area contributed by atoms with E-state index in [9.17, 15) is 9.18 Å². The molecule has 1 aliphatic rings. The fraction of sp³-hybridized carbons (Fsp3) is 0.286. The van der Waals surface area contributed by atoms with Gasteiger partial charge in [0.15, 0.2) is 5.13 Å². The lowest BCUT2D eigenvalue weighted by atomic mass is 10.00. The molecule has 2 aromatic heterocycles. The standard InChI is InChI=1S/C21H21FN4OS/c1-14(27)26-9-8-16(13-26)10-15-2-7-20(23-11-15)25-21-24-12-19(28-21)17-3-5-18(22)6-4-17/h2-7,11-12,16H,8-10,13H2,1H3,(H,23,24,25). The van der Waals surface area contributed by atoms with Crippen LogP contribution in [0.4, 0.5) is 15.3 Å². The van der Waals surface area contributed by atoms with Crippen molar-refractivity contribution in [2.45, 2.75) is 19.8 Å². The van der Waals surface area contributed by atoms with Crippen molar-refractivity contribution in [3.05, 3.63) is 60.2 Å². The SMILES string of the molecule is CC(=O)N1CCC(Cc2ccc(Nc3ncc(-c4ccc(F)cc4)s3)nc2)C1. The minimum atomic E-state index is -0.248. The number of anilines is 2. The number of pyridine rings is 1. The summed E-state index contributed by atoms with van der Waals surface area (Å²) in [6, 6.07) is 10.4. The molecular formula is C21H21FN4OS. The quantitative estimate of drug-likeness (QED) is 0.690.